The molecular weight excluding hydrogens is 258 g/mol. The lowest BCUT2D eigenvalue weighted by Crippen LogP contribution is -2.05. The minimum absolute atomic E-state index is 0.431. The Morgan fingerprint density at radius 2 is 1.81 bits per heavy atom. The Bertz CT molecular complexity index is 748. The minimum atomic E-state index is 0.431. The van der Waals surface area contributed by atoms with Gasteiger partial charge in [-0.1, -0.05) is 24.3 Å². The van der Waals surface area contributed by atoms with E-state index in [0.717, 1.165) is 12.2 Å². The van der Waals surface area contributed by atoms with Crippen LogP contribution >= 0.6 is 0 Å². The molecule has 1 heterocycles. The molecule has 0 saturated carbocycles. The van der Waals surface area contributed by atoms with Crippen LogP contribution in [0.1, 0.15) is 45.3 Å². The summed E-state index contributed by atoms with van der Waals surface area (Å²) in [6.45, 7) is 6.57. The molecule has 2 aromatic carbocycles. The second-order valence-corrected chi connectivity index (χ2v) is 6.33. The third-order valence-electron chi connectivity index (χ3n) is 5.40. The molecule has 0 bridgehead atoms. The number of methoxy groups -OCH3 is 1. The van der Waals surface area contributed by atoms with Crippen LogP contribution in [0.2, 0.25) is 0 Å². The Balaban J connectivity index is 1.92. The summed E-state index contributed by atoms with van der Waals surface area (Å²) in [5.41, 5.74) is 9.67. The fraction of sp³-hybridized carbons (Fsp3) is 0.368. The third-order valence-corrected chi connectivity index (χ3v) is 5.40. The summed E-state index contributed by atoms with van der Waals surface area (Å²) in [4.78, 5) is 0. The third kappa shape index (κ3) is 1.53. The summed E-state index contributed by atoms with van der Waals surface area (Å²) in [5, 5.41) is 3.80. The molecule has 0 spiro atoms. The molecule has 2 aromatic rings. The monoisotopic (exact) mass is 279 g/mol. The van der Waals surface area contributed by atoms with Gasteiger partial charge in [-0.15, -0.1) is 0 Å². The SMILES string of the molecule is COc1c(C)c(C)c2c(c1C)[C@H]1Cc3ccccc3[C@H]1N2. The van der Waals surface area contributed by atoms with Gasteiger partial charge in [-0.25, -0.2) is 0 Å². The van der Waals surface area contributed by atoms with Gasteiger partial charge in [0.2, 0.25) is 0 Å². The minimum Gasteiger partial charge on any atom is -0.496 e. The van der Waals surface area contributed by atoms with E-state index in [1.165, 1.54) is 39.1 Å². The molecule has 1 aliphatic heterocycles. The van der Waals surface area contributed by atoms with Gasteiger partial charge in [0.25, 0.3) is 0 Å². The van der Waals surface area contributed by atoms with E-state index >= 15 is 0 Å². The molecule has 108 valence electrons. The van der Waals surface area contributed by atoms with Crippen molar-refractivity contribution in [2.75, 3.05) is 12.4 Å². The number of nitrogens with one attached hydrogen (secondary N) is 1. The van der Waals surface area contributed by atoms with E-state index in [9.17, 15) is 0 Å². The fourth-order valence-corrected chi connectivity index (χ4v) is 4.30. The molecule has 0 fully saturated rings. The highest BCUT2D eigenvalue weighted by Gasteiger charge is 2.42. The molecule has 0 amide bonds. The normalized spacial score (nSPS) is 21.5. The van der Waals surface area contributed by atoms with E-state index in [1.54, 1.807) is 7.11 Å². The predicted octanol–water partition coefficient (Wildman–Crippen LogP) is 4.43. The first-order valence-corrected chi connectivity index (χ1v) is 7.65. The average molecular weight is 279 g/mol. The van der Waals surface area contributed by atoms with Gasteiger partial charge in [0.15, 0.2) is 0 Å². The van der Waals surface area contributed by atoms with Crippen molar-refractivity contribution in [3.05, 3.63) is 57.6 Å². The van der Waals surface area contributed by atoms with Crippen LogP contribution < -0.4 is 10.1 Å². The van der Waals surface area contributed by atoms with Gasteiger partial charge in [0.1, 0.15) is 5.75 Å². The molecule has 1 N–H and O–H groups in total. The van der Waals surface area contributed by atoms with Crippen LogP contribution in [0.3, 0.4) is 0 Å². The van der Waals surface area contributed by atoms with Gasteiger partial charge in [0.05, 0.1) is 13.2 Å². The van der Waals surface area contributed by atoms with Crippen molar-refractivity contribution in [3.63, 3.8) is 0 Å². The van der Waals surface area contributed by atoms with Crippen molar-refractivity contribution >= 4 is 5.69 Å². The Labute approximate surface area is 126 Å². The van der Waals surface area contributed by atoms with Gasteiger partial charge in [-0.05, 0) is 60.6 Å². The Hall–Kier alpha value is -1.96. The number of hydrogen-bond donors (Lipinski definition) is 1. The van der Waals surface area contributed by atoms with E-state index in [0.29, 0.717) is 12.0 Å². The van der Waals surface area contributed by atoms with Gasteiger partial charge >= 0.3 is 0 Å². The molecule has 1 aliphatic carbocycles. The van der Waals surface area contributed by atoms with Gasteiger partial charge < -0.3 is 10.1 Å². The van der Waals surface area contributed by atoms with Gasteiger partial charge in [-0.3, -0.25) is 0 Å². The Kier molecular flexibility index (Phi) is 2.59. The maximum absolute atomic E-state index is 5.68. The van der Waals surface area contributed by atoms with E-state index in [2.05, 4.69) is 50.4 Å². The molecule has 0 saturated heterocycles. The van der Waals surface area contributed by atoms with Crippen LogP contribution in [-0.2, 0) is 6.42 Å². The zero-order chi connectivity index (χ0) is 14.7. The van der Waals surface area contributed by atoms with Crippen molar-refractivity contribution < 1.29 is 4.74 Å². The predicted molar refractivity (Wildman–Crippen MR) is 86.5 cm³/mol. The van der Waals surface area contributed by atoms with Gasteiger partial charge in [0, 0.05) is 11.6 Å². The van der Waals surface area contributed by atoms with Crippen molar-refractivity contribution in [2.24, 2.45) is 0 Å². The summed E-state index contributed by atoms with van der Waals surface area (Å²) >= 11 is 0. The van der Waals surface area contributed by atoms with Gasteiger partial charge in [-0.2, -0.15) is 0 Å². The van der Waals surface area contributed by atoms with Crippen molar-refractivity contribution in [3.8, 4) is 5.75 Å². The van der Waals surface area contributed by atoms with Crippen LogP contribution in [0.4, 0.5) is 5.69 Å². The second kappa shape index (κ2) is 4.27. The molecular formula is C19H21NO. The van der Waals surface area contributed by atoms with Crippen molar-refractivity contribution in [1.29, 1.82) is 0 Å². The maximum atomic E-state index is 5.68. The smallest absolute Gasteiger partial charge is 0.125 e. The number of fused-ring (bicyclic) bond motifs is 5. The number of hydrogen-bond acceptors (Lipinski definition) is 2. The van der Waals surface area contributed by atoms with Crippen LogP contribution in [0, 0.1) is 20.8 Å². The summed E-state index contributed by atoms with van der Waals surface area (Å²) in [6, 6.07) is 9.27. The lowest BCUT2D eigenvalue weighted by atomic mass is 9.88. The summed E-state index contributed by atoms with van der Waals surface area (Å²) < 4.78 is 5.68. The molecule has 0 aromatic heterocycles. The van der Waals surface area contributed by atoms with E-state index in [4.69, 9.17) is 4.74 Å². The van der Waals surface area contributed by atoms with E-state index in [1.807, 2.05) is 0 Å². The standard InChI is InChI=1S/C19H21NO/c1-10-11(2)19(21-4)12(3)16-15-9-13-7-5-6-8-14(13)18(15)20-17(10)16/h5-8,15,18,20H,9H2,1-4H3/t15-,18-/m1/s1. The first kappa shape index (κ1) is 12.8. The molecule has 0 unspecified atom stereocenters. The molecule has 2 atom stereocenters. The van der Waals surface area contributed by atoms with Crippen LogP contribution in [-0.4, -0.2) is 7.11 Å². The highest BCUT2D eigenvalue weighted by atomic mass is 16.5. The summed E-state index contributed by atoms with van der Waals surface area (Å²) in [7, 11) is 1.78. The maximum Gasteiger partial charge on any atom is 0.125 e. The average Bonchev–Trinajstić information content (AvgIpc) is 3.01. The highest BCUT2D eigenvalue weighted by molar-refractivity contribution is 5.74. The first-order chi connectivity index (χ1) is 10.1. The molecule has 2 heteroatoms. The topological polar surface area (TPSA) is 21.3 Å². The summed E-state index contributed by atoms with van der Waals surface area (Å²) in [5.74, 6) is 1.61. The van der Waals surface area contributed by atoms with E-state index < -0.39 is 0 Å². The molecule has 0 radical (unpaired) electrons. The molecule has 4 rings (SSSR count). The van der Waals surface area contributed by atoms with Crippen LogP contribution in [0.25, 0.3) is 0 Å². The van der Waals surface area contributed by atoms with Crippen molar-refractivity contribution in [1.82, 2.24) is 0 Å². The lowest BCUT2D eigenvalue weighted by Gasteiger charge is -2.18. The van der Waals surface area contributed by atoms with Crippen LogP contribution in [0.5, 0.6) is 5.75 Å². The van der Waals surface area contributed by atoms with Crippen LogP contribution in [0.15, 0.2) is 24.3 Å². The largest absolute Gasteiger partial charge is 0.496 e. The Morgan fingerprint density at radius 1 is 1.05 bits per heavy atom. The molecule has 21 heavy (non-hydrogen) atoms. The molecule has 2 aliphatic rings. The number of ether oxygens (including phenoxy) is 1. The number of benzene rings is 2. The zero-order valence-corrected chi connectivity index (χ0v) is 13.1. The number of anilines is 1. The highest BCUT2D eigenvalue weighted by Crippen LogP contribution is 2.55. The number of rotatable bonds is 1. The zero-order valence-electron chi connectivity index (χ0n) is 13.1. The first-order valence-electron chi connectivity index (χ1n) is 7.65. The second-order valence-electron chi connectivity index (χ2n) is 6.33. The van der Waals surface area contributed by atoms with E-state index in [-0.39, 0.29) is 0 Å². The lowest BCUT2D eigenvalue weighted by molar-refractivity contribution is 0.407. The molecule has 2 nitrogen and oxygen atoms in total. The summed E-state index contributed by atoms with van der Waals surface area (Å²) in [6.07, 6.45) is 1.13. The van der Waals surface area contributed by atoms with Crippen molar-refractivity contribution in [2.45, 2.75) is 39.2 Å². The quantitative estimate of drug-likeness (QED) is 0.834. The fourth-order valence-electron chi connectivity index (χ4n) is 4.30. The Morgan fingerprint density at radius 3 is 2.57 bits per heavy atom.